The Morgan fingerprint density at radius 1 is 1.00 bits per heavy atom. The third-order valence-corrected chi connectivity index (χ3v) is 3.87. The van der Waals surface area contributed by atoms with Crippen LogP contribution in [-0.4, -0.2) is 14.2 Å². The first-order valence-corrected chi connectivity index (χ1v) is 6.80. The molecule has 0 fully saturated rings. The summed E-state index contributed by atoms with van der Waals surface area (Å²) < 4.78 is 36.7. The average molecular weight is 333 g/mol. The molecule has 0 aromatic heterocycles. The van der Waals surface area contributed by atoms with Crippen molar-refractivity contribution in [2.75, 3.05) is 14.2 Å². The highest BCUT2D eigenvalue weighted by atomic mass is 35.5. The first-order chi connectivity index (χ1) is 9.99. The molecule has 1 atom stereocenters. The molecule has 6 heteroatoms. The van der Waals surface area contributed by atoms with Gasteiger partial charge in [-0.05, 0) is 29.8 Å². The quantitative estimate of drug-likeness (QED) is 0.736. The van der Waals surface area contributed by atoms with Gasteiger partial charge in [0.1, 0.15) is 16.5 Å². The molecule has 1 unspecified atom stereocenters. The van der Waals surface area contributed by atoms with Gasteiger partial charge in [0, 0.05) is 5.56 Å². The maximum absolute atomic E-state index is 13.3. The number of rotatable bonds is 4. The number of halogens is 4. The number of hydrogen-bond acceptors (Lipinski definition) is 2. The van der Waals surface area contributed by atoms with Crippen LogP contribution in [0.1, 0.15) is 16.5 Å². The molecule has 0 heterocycles. The van der Waals surface area contributed by atoms with Crippen molar-refractivity contribution in [3.05, 3.63) is 58.1 Å². The lowest BCUT2D eigenvalue weighted by molar-refractivity contribution is 0.392. The highest BCUT2D eigenvalue weighted by molar-refractivity contribution is 6.34. The third kappa shape index (κ3) is 3.06. The van der Waals surface area contributed by atoms with Crippen LogP contribution < -0.4 is 9.47 Å². The highest BCUT2D eigenvalue weighted by Gasteiger charge is 2.21. The predicted molar refractivity (Wildman–Crippen MR) is 78.6 cm³/mol. The van der Waals surface area contributed by atoms with E-state index >= 15 is 0 Å². The van der Waals surface area contributed by atoms with Crippen molar-refractivity contribution in [1.82, 2.24) is 0 Å². The Labute approximate surface area is 131 Å². The molecule has 0 aliphatic heterocycles. The lowest BCUT2D eigenvalue weighted by atomic mass is 10.0. The smallest absolute Gasteiger partial charge is 0.159 e. The van der Waals surface area contributed by atoms with Crippen molar-refractivity contribution in [3.63, 3.8) is 0 Å². The molecule has 2 aromatic rings. The van der Waals surface area contributed by atoms with E-state index < -0.39 is 17.0 Å². The molecule has 0 aliphatic carbocycles. The molecule has 21 heavy (non-hydrogen) atoms. The van der Waals surface area contributed by atoms with Crippen LogP contribution >= 0.6 is 23.2 Å². The minimum Gasteiger partial charge on any atom is -0.495 e. The molecule has 0 amide bonds. The van der Waals surface area contributed by atoms with E-state index in [1.807, 2.05) is 0 Å². The van der Waals surface area contributed by atoms with Gasteiger partial charge in [-0.1, -0.05) is 17.7 Å². The van der Waals surface area contributed by atoms with Gasteiger partial charge in [-0.2, -0.15) is 0 Å². The van der Waals surface area contributed by atoms with Crippen LogP contribution in [0.3, 0.4) is 0 Å². The Balaban J connectivity index is 2.50. The zero-order valence-corrected chi connectivity index (χ0v) is 12.8. The molecule has 0 saturated carbocycles. The fourth-order valence-corrected chi connectivity index (χ4v) is 2.60. The molecule has 2 rings (SSSR count). The molecule has 0 saturated heterocycles. The van der Waals surface area contributed by atoms with Crippen LogP contribution in [0.15, 0.2) is 30.3 Å². The Kier molecular flexibility index (Phi) is 4.91. The standard InChI is InChI=1S/C15H12Cl2F2O2/c1-20-12-6-4-9(15(21-2)14(12)17)13(16)8-3-5-10(18)11(19)7-8/h3-7,13H,1-2H3. The van der Waals surface area contributed by atoms with Crippen molar-refractivity contribution in [2.45, 2.75) is 5.38 Å². The molecule has 0 bridgehead atoms. The van der Waals surface area contributed by atoms with Crippen molar-refractivity contribution < 1.29 is 18.3 Å². The molecule has 0 aliphatic rings. The van der Waals surface area contributed by atoms with Crippen LogP contribution in [0.4, 0.5) is 8.78 Å². The minimum absolute atomic E-state index is 0.269. The summed E-state index contributed by atoms with van der Waals surface area (Å²) in [5.74, 6) is -1.12. The fraction of sp³-hybridized carbons (Fsp3) is 0.200. The van der Waals surface area contributed by atoms with Crippen molar-refractivity contribution in [1.29, 1.82) is 0 Å². The number of methoxy groups -OCH3 is 2. The predicted octanol–water partition coefficient (Wildman–Crippen LogP) is 4.96. The number of benzene rings is 2. The average Bonchev–Trinajstić information content (AvgIpc) is 2.49. The maximum atomic E-state index is 13.3. The molecule has 0 N–H and O–H groups in total. The van der Waals surface area contributed by atoms with Gasteiger partial charge < -0.3 is 9.47 Å². The topological polar surface area (TPSA) is 18.5 Å². The lowest BCUT2D eigenvalue weighted by Gasteiger charge is -2.17. The third-order valence-electron chi connectivity index (χ3n) is 3.03. The van der Waals surface area contributed by atoms with Crippen molar-refractivity contribution >= 4 is 23.2 Å². The SMILES string of the molecule is COc1ccc(C(Cl)c2ccc(F)c(F)c2)c(OC)c1Cl. The van der Waals surface area contributed by atoms with Gasteiger partial charge in [-0.25, -0.2) is 8.78 Å². The fourth-order valence-electron chi connectivity index (χ4n) is 1.97. The number of hydrogen-bond donors (Lipinski definition) is 0. The first kappa shape index (κ1) is 15.9. The van der Waals surface area contributed by atoms with E-state index in [0.717, 1.165) is 12.1 Å². The molecule has 0 radical (unpaired) electrons. The normalized spacial score (nSPS) is 12.1. The Morgan fingerprint density at radius 3 is 2.29 bits per heavy atom. The summed E-state index contributed by atoms with van der Waals surface area (Å²) in [4.78, 5) is 0. The molecule has 2 aromatic carbocycles. The van der Waals surface area contributed by atoms with E-state index in [-0.39, 0.29) is 5.02 Å². The summed E-state index contributed by atoms with van der Waals surface area (Å²) in [6, 6.07) is 6.79. The van der Waals surface area contributed by atoms with Gasteiger partial charge in [0.15, 0.2) is 11.6 Å². The van der Waals surface area contributed by atoms with Gasteiger partial charge in [0.2, 0.25) is 0 Å². The van der Waals surface area contributed by atoms with Crippen LogP contribution in [0.5, 0.6) is 11.5 Å². The second kappa shape index (κ2) is 6.50. The summed E-state index contributed by atoms with van der Waals surface area (Å²) in [5.41, 5.74) is 0.936. The largest absolute Gasteiger partial charge is 0.495 e. The van der Waals surface area contributed by atoms with E-state index in [9.17, 15) is 8.78 Å². The van der Waals surface area contributed by atoms with Gasteiger partial charge >= 0.3 is 0 Å². The lowest BCUT2D eigenvalue weighted by Crippen LogP contribution is -2.00. The molecule has 2 nitrogen and oxygen atoms in total. The molecule has 0 spiro atoms. The number of alkyl halides is 1. The first-order valence-electron chi connectivity index (χ1n) is 5.99. The maximum Gasteiger partial charge on any atom is 0.159 e. The summed E-state index contributed by atoms with van der Waals surface area (Å²) >= 11 is 12.5. The van der Waals surface area contributed by atoms with Gasteiger partial charge in [0.25, 0.3) is 0 Å². The number of ether oxygens (including phenoxy) is 2. The van der Waals surface area contributed by atoms with E-state index in [0.29, 0.717) is 22.6 Å². The van der Waals surface area contributed by atoms with Crippen LogP contribution in [0.2, 0.25) is 5.02 Å². The van der Waals surface area contributed by atoms with Crippen LogP contribution in [-0.2, 0) is 0 Å². The van der Waals surface area contributed by atoms with E-state index in [1.165, 1.54) is 20.3 Å². The summed E-state index contributed by atoms with van der Waals surface area (Å²) in [6.07, 6.45) is 0. The summed E-state index contributed by atoms with van der Waals surface area (Å²) in [7, 11) is 2.92. The highest BCUT2D eigenvalue weighted by Crippen LogP contribution is 2.43. The van der Waals surface area contributed by atoms with E-state index in [1.54, 1.807) is 12.1 Å². The zero-order chi connectivity index (χ0) is 15.6. The zero-order valence-electron chi connectivity index (χ0n) is 11.3. The summed E-state index contributed by atoms with van der Waals surface area (Å²) in [6.45, 7) is 0. The monoisotopic (exact) mass is 332 g/mol. The second-order valence-electron chi connectivity index (χ2n) is 4.24. The van der Waals surface area contributed by atoms with E-state index in [4.69, 9.17) is 32.7 Å². The van der Waals surface area contributed by atoms with Gasteiger partial charge in [0.05, 0.1) is 19.6 Å². The van der Waals surface area contributed by atoms with E-state index in [2.05, 4.69) is 0 Å². The molecular weight excluding hydrogens is 321 g/mol. The summed E-state index contributed by atoms with van der Waals surface area (Å²) in [5, 5.41) is -0.468. The van der Waals surface area contributed by atoms with Crippen LogP contribution in [0.25, 0.3) is 0 Å². The minimum atomic E-state index is -0.961. The molecular formula is C15H12Cl2F2O2. The Bertz CT molecular complexity index is 662. The van der Waals surface area contributed by atoms with Gasteiger partial charge in [-0.3, -0.25) is 0 Å². The van der Waals surface area contributed by atoms with Crippen LogP contribution in [0, 0.1) is 11.6 Å². The second-order valence-corrected chi connectivity index (χ2v) is 5.05. The van der Waals surface area contributed by atoms with Crippen molar-refractivity contribution in [3.8, 4) is 11.5 Å². The molecule has 112 valence electrons. The Morgan fingerprint density at radius 2 is 1.71 bits per heavy atom. The Hall–Kier alpha value is -1.52. The van der Waals surface area contributed by atoms with Crippen molar-refractivity contribution in [2.24, 2.45) is 0 Å². The van der Waals surface area contributed by atoms with Gasteiger partial charge in [-0.15, -0.1) is 11.6 Å².